The van der Waals surface area contributed by atoms with Crippen molar-refractivity contribution in [1.82, 2.24) is 9.78 Å². The molecule has 0 spiro atoms. The Morgan fingerprint density at radius 2 is 2.17 bits per heavy atom. The van der Waals surface area contributed by atoms with E-state index in [0.717, 1.165) is 0 Å². The summed E-state index contributed by atoms with van der Waals surface area (Å²) in [5, 5.41) is 12.6. The van der Waals surface area contributed by atoms with Gasteiger partial charge in [-0.05, 0) is 20.8 Å². The molecule has 0 fully saturated rings. The maximum absolute atomic E-state index is 8.61. The van der Waals surface area contributed by atoms with E-state index in [1.165, 1.54) is 0 Å². The molecule has 0 aliphatic rings. The number of nitrogens with two attached hydrogens (primary N) is 1. The highest BCUT2D eigenvalue weighted by Crippen LogP contribution is 2.16. The van der Waals surface area contributed by atoms with Gasteiger partial charge in [-0.1, -0.05) is 0 Å². The quantitative estimate of drug-likeness (QED) is 0.624. The average molecular weight is 164 g/mol. The molecule has 1 rings (SSSR count). The van der Waals surface area contributed by atoms with Gasteiger partial charge in [-0.25, -0.2) is 0 Å². The normalized spacial score (nSPS) is 11.2. The largest absolute Gasteiger partial charge is 0.381 e. The van der Waals surface area contributed by atoms with Crippen molar-refractivity contribution < 1.29 is 0 Å². The molecule has 0 amide bonds. The third-order valence-electron chi connectivity index (χ3n) is 1.55. The summed E-state index contributed by atoms with van der Waals surface area (Å²) in [4.78, 5) is 0. The molecule has 1 aromatic heterocycles. The molecule has 64 valence electrons. The van der Waals surface area contributed by atoms with Gasteiger partial charge in [-0.2, -0.15) is 10.4 Å². The van der Waals surface area contributed by atoms with Crippen LogP contribution in [0.1, 0.15) is 26.3 Å². The van der Waals surface area contributed by atoms with Gasteiger partial charge in [0, 0.05) is 6.20 Å². The molecule has 1 heterocycles. The minimum Gasteiger partial charge on any atom is -0.381 e. The number of aromatic nitrogens is 2. The van der Waals surface area contributed by atoms with E-state index in [1.54, 1.807) is 10.9 Å². The number of nitrogens with zero attached hydrogens (tertiary/aromatic N) is 3. The zero-order chi connectivity index (χ0) is 9.35. The summed E-state index contributed by atoms with van der Waals surface area (Å²) in [6.45, 7) is 6.00. The molecule has 4 heteroatoms. The van der Waals surface area contributed by atoms with Crippen LogP contribution in [-0.2, 0) is 5.54 Å². The van der Waals surface area contributed by atoms with Crippen LogP contribution in [0.2, 0.25) is 0 Å². The second-order valence-corrected chi connectivity index (χ2v) is 3.66. The van der Waals surface area contributed by atoms with Crippen molar-refractivity contribution in [3.63, 3.8) is 0 Å². The molecular formula is C8H12N4. The van der Waals surface area contributed by atoms with Gasteiger partial charge in [0.2, 0.25) is 0 Å². The van der Waals surface area contributed by atoms with Gasteiger partial charge in [-0.15, -0.1) is 0 Å². The number of rotatable bonds is 0. The summed E-state index contributed by atoms with van der Waals surface area (Å²) in [5.41, 5.74) is 5.81. The molecular weight excluding hydrogens is 152 g/mol. The molecule has 0 aliphatic heterocycles. The van der Waals surface area contributed by atoms with Gasteiger partial charge >= 0.3 is 0 Å². The highest BCUT2D eigenvalue weighted by molar-refractivity contribution is 5.46. The Hall–Kier alpha value is -1.50. The van der Waals surface area contributed by atoms with Crippen molar-refractivity contribution in [3.05, 3.63) is 11.8 Å². The van der Waals surface area contributed by atoms with Crippen LogP contribution in [0, 0.1) is 11.3 Å². The molecule has 0 aliphatic carbocycles. The maximum Gasteiger partial charge on any atom is 0.163 e. The Morgan fingerprint density at radius 3 is 2.42 bits per heavy atom. The highest BCUT2D eigenvalue weighted by atomic mass is 15.3. The van der Waals surface area contributed by atoms with Crippen molar-refractivity contribution in [2.24, 2.45) is 0 Å². The van der Waals surface area contributed by atoms with E-state index in [9.17, 15) is 0 Å². The van der Waals surface area contributed by atoms with Gasteiger partial charge < -0.3 is 5.73 Å². The van der Waals surface area contributed by atoms with E-state index in [-0.39, 0.29) is 5.54 Å². The summed E-state index contributed by atoms with van der Waals surface area (Å²) in [5.74, 6) is 0.299. The number of hydrogen-bond acceptors (Lipinski definition) is 3. The molecule has 0 aromatic carbocycles. The van der Waals surface area contributed by atoms with Gasteiger partial charge in [-0.3, -0.25) is 4.68 Å². The first-order valence-corrected chi connectivity index (χ1v) is 3.71. The summed E-state index contributed by atoms with van der Waals surface area (Å²) in [7, 11) is 0. The first-order valence-electron chi connectivity index (χ1n) is 3.71. The fraction of sp³-hybridized carbons (Fsp3) is 0.500. The van der Waals surface area contributed by atoms with Crippen LogP contribution in [0.3, 0.4) is 0 Å². The predicted octanol–water partition coefficient (Wildman–Crippen LogP) is 1.09. The first-order chi connectivity index (χ1) is 5.45. The van der Waals surface area contributed by atoms with Gasteiger partial charge in [0.1, 0.15) is 11.6 Å². The van der Waals surface area contributed by atoms with Crippen molar-refractivity contribution in [2.75, 3.05) is 5.73 Å². The second-order valence-electron chi connectivity index (χ2n) is 3.66. The third-order valence-corrected chi connectivity index (χ3v) is 1.55. The minimum absolute atomic E-state index is 0.122. The van der Waals surface area contributed by atoms with Crippen LogP contribution in [-0.4, -0.2) is 9.78 Å². The van der Waals surface area contributed by atoms with Crippen molar-refractivity contribution in [1.29, 1.82) is 5.26 Å². The Labute approximate surface area is 71.6 Å². The summed E-state index contributed by atoms with van der Waals surface area (Å²) < 4.78 is 1.70. The summed E-state index contributed by atoms with van der Waals surface area (Å²) >= 11 is 0. The van der Waals surface area contributed by atoms with Gasteiger partial charge in [0.25, 0.3) is 0 Å². The Bertz CT molecular complexity index is 324. The Morgan fingerprint density at radius 1 is 1.58 bits per heavy atom. The maximum atomic E-state index is 8.61. The van der Waals surface area contributed by atoms with Crippen molar-refractivity contribution >= 4 is 5.82 Å². The monoisotopic (exact) mass is 164 g/mol. The second kappa shape index (κ2) is 2.52. The molecule has 1 aromatic rings. The molecule has 0 atom stereocenters. The fourth-order valence-electron chi connectivity index (χ4n) is 0.817. The van der Waals surface area contributed by atoms with Crippen LogP contribution in [0.4, 0.5) is 5.82 Å². The third kappa shape index (κ3) is 1.40. The van der Waals surface area contributed by atoms with Crippen molar-refractivity contribution in [2.45, 2.75) is 26.3 Å². The van der Waals surface area contributed by atoms with Gasteiger partial charge in [0.15, 0.2) is 5.82 Å². The van der Waals surface area contributed by atoms with E-state index < -0.39 is 0 Å². The zero-order valence-corrected chi connectivity index (χ0v) is 7.50. The molecule has 0 unspecified atom stereocenters. The van der Waals surface area contributed by atoms with E-state index in [0.29, 0.717) is 11.4 Å². The molecule has 0 radical (unpaired) electrons. The lowest BCUT2D eigenvalue weighted by atomic mass is 10.1. The van der Waals surface area contributed by atoms with E-state index in [1.807, 2.05) is 26.8 Å². The van der Waals surface area contributed by atoms with E-state index >= 15 is 0 Å². The average Bonchev–Trinajstić information content (AvgIpc) is 2.29. The van der Waals surface area contributed by atoms with Crippen LogP contribution in [0.5, 0.6) is 0 Å². The molecule has 12 heavy (non-hydrogen) atoms. The topological polar surface area (TPSA) is 67.6 Å². The summed E-state index contributed by atoms with van der Waals surface area (Å²) in [6.07, 6.45) is 1.66. The SMILES string of the molecule is CC(C)(C)n1cc(C#N)c(N)n1. The highest BCUT2D eigenvalue weighted by Gasteiger charge is 2.16. The molecule has 0 bridgehead atoms. The number of anilines is 1. The first kappa shape index (κ1) is 8.60. The van der Waals surface area contributed by atoms with Gasteiger partial charge in [0.05, 0.1) is 5.54 Å². The standard InChI is InChI=1S/C8H12N4/c1-8(2,3)12-5-6(4-9)7(10)11-12/h5H,1-3H3,(H2,10,11). The smallest absolute Gasteiger partial charge is 0.163 e. The van der Waals surface area contributed by atoms with Crippen LogP contribution in [0.25, 0.3) is 0 Å². The predicted molar refractivity (Wildman–Crippen MR) is 46.4 cm³/mol. The van der Waals surface area contributed by atoms with Crippen LogP contribution in [0.15, 0.2) is 6.20 Å². The number of nitrogen functional groups attached to an aromatic ring is 1. The van der Waals surface area contributed by atoms with Crippen LogP contribution >= 0.6 is 0 Å². The summed E-state index contributed by atoms with van der Waals surface area (Å²) in [6, 6.07) is 1.98. The molecule has 0 saturated carbocycles. The lowest BCUT2D eigenvalue weighted by molar-refractivity contribution is 0.356. The fourth-order valence-corrected chi connectivity index (χ4v) is 0.817. The van der Waals surface area contributed by atoms with E-state index in [2.05, 4.69) is 5.10 Å². The molecule has 0 saturated heterocycles. The van der Waals surface area contributed by atoms with Crippen LogP contribution < -0.4 is 5.73 Å². The number of hydrogen-bond donors (Lipinski definition) is 1. The Kier molecular flexibility index (Phi) is 1.81. The lowest BCUT2D eigenvalue weighted by Crippen LogP contribution is -2.22. The zero-order valence-electron chi connectivity index (χ0n) is 7.50. The number of nitriles is 1. The van der Waals surface area contributed by atoms with E-state index in [4.69, 9.17) is 11.0 Å². The lowest BCUT2D eigenvalue weighted by Gasteiger charge is -2.18. The Balaban J connectivity index is 3.16. The molecule has 2 N–H and O–H groups in total. The molecule has 4 nitrogen and oxygen atoms in total. The van der Waals surface area contributed by atoms with Crippen molar-refractivity contribution in [3.8, 4) is 6.07 Å². The minimum atomic E-state index is -0.122.